The van der Waals surface area contributed by atoms with Crippen LogP contribution in [0.15, 0.2) is 82.7 Å². The summed E-state index contributed by atoms with van der Waals surface area (Å²) in [5.41, 5.74) is 4.03. The number of hydrogen-bond acceptors (Lipinski definition) is 5. The second-order valence-electron chi connectivity index (χ2n) is 9.12. The maximum atomic E-state index is 13.2. The molecule has 6 rings (SSSR count). The lowest BCUT2D eigenvalue weighted by molar-refractivity contribution is -0.117. The van der Waals surface area contributed by atoms with E-state index < -0.39 is 12.1 Å². The Balaban J connectivity index is 1.20. The van der Waals surface area contributed by atoms with E-state index >= 15 is 0 Å². The number of carbonyl (C=O) groups is 2. The average Bonchev–Trinajstić information content (AvgIpc) is 3.20. The Morgan fingerprint density at radius 3 is 2.51 bits per heavy atom. The summed E-state index contributed by atoms with van der Waals surface area (Å²) in [6.07, 6.45) is 1.77. The number of imidazole rings is 1. The summed E-state index contributed by atoms with van der Waals surface area (Å²) < 4.78 is 1.73. The maximum absolute atomic E-state index is 13.2. The molecular formula is C27H25N7O3. The minimum Gasteiger partial charge on any atom is -0.325 e. The molecule has 10 nitrogen and oxygen atoms in total. The van der Waals surface area contributed by atoms with Gasteiger partial charge in [-0.15, -0.1) is 0 Å². The molecule has 0 radical (unpaired) electrons. The molecule has 2 aromatic heterocycles. The normalized spacial score (nSPS) is 18.1. The Morgan fingerprint density at radius 1 is 0.946 bits per heavy atom. The monoisotopic (exact) mass is 495 g/mol. The van der Waals surface area contributed by atoms with E-state index in [1.165, 1.54) is 0 Å². The highest BCUT2D eigenvalue weighted by atomic mass is 16.2. The second-order valence-corrected chi connectivity index (χ2v) is 9.12. The van der Waals surface area contributed by atoms with Gasteiger partial charge < -0.3 is 15.5 Å². The number of fused-ring (bicyclic) bond motifs is 2. The molecule has 0 saturated carbocycles. The number of para-hydroxylation sites is 1. The number of anilines is 1. The van der Waals surface area contributed by atoms with Gasteiger partial charge in [0.2, 0.25) is 6.17 Å². The number of nitrogens with one attached hydrogen (secondary N) is 3. The molecule has 0 unspecified atom stereocenters. The van der Waals surface area contributed by atoms with Crippen LogP contribution in [0.4, 0.5) is 10.5 Å². The van der Waals surface area contributed by atoms with Gasteiger partial charge in [-0.1, -0.05) is 48.5 Å². The van der Waals surface area contributed by atoms with Crippen LogP contribution in [0, 0.1) is 0 Å². The number of amides is 3. The zero-order valence-corrected chi connectivity index (χ0v) is 19.9. The number of benzene rings is 2. The fraction of sp³-hybridized carbons (Fsp3) is 0.222. The van der Waals surface area contributed by atoms with E-state index in [1.54, 1.807) is 21.7 Å². The molecule has 1 fully saturated rings. The Morgan fingerprint density at radius 2 is 1.70 bits per heavy atom. The number of carbonyl (C=O) groups excluding carboxylic acids is 2. The molecule has 4 aromatic rings. The van der Waals surface area contributed by atoms with Gasteiger partial charge in [-0.3, -0.25) is 14.3 Å². The van der Waals surface area contributed by atoms with Crippen molar-refractivity contribution < 1.29 is 9.59 Å². The first-order valence-corrected chi connectivity index (χ1v) is 12.2. The van der Waals surface area contributed by atoms with Crippen LogP contribution in [0.5, 0.6) is 0 Å². The Labute approximate surface area is 212 Å². The highest BCUT2D eigenvalue weighted by Gasteiger charge is 2.31. The third-order valence-corrected chi connectivity index (χ3v) is 6.86. The van der Waals surface area contributed by atoms with Crippen molar-refractivity contribution in [3.05, 3.63) is 94.5 Å². The second kappa shape index (κ2) is 9.38. The van der Waals surface area contributed by atoms with Crippen molar-refractivity contribution in [3.8, 4) is 0 Å². The molecule has 0 aliphatic carbocycles. The molecule has 4 heterocycles. The lowest BCUT2D eigenvalue weighted by Gasteiger charge is -2.33. The first kappa shape index (κ1) is 22.7. The summed E-state index contributed by atoms with van der Waals surface area (Å²) in [5.74, 6) is -0.403. The summed E-state index contributed by atoms with van der Waals surface area (Å²) in [4.78, 5) is 52.2. The van der Waals surface area contributed by atoms with Gasteiger partial charge in [0.1, 0.15) is 0 Å². The minimum absolute atomic E-state index is 0.0483. The first-order valence-electron chi connectivity index (χ1n) is 12.2. The third-order valence-electron chi connectivity index (χ3n) is 6.86. The average molecular weight is 496 g/mol. The van der Waals surface area contributed by atoms with Crippen LogP contribution in [0.2, 0.25) is 0 Å². The van der Waals surface area contributed by atoms with Gasteiger partial charge in [0.15, 0.2) is 5.65 Å². The number of benzodiazepines with no additional fused rings is 1. The van der Waals surface area contributed by atoms with Gasteiger partial charge in [-0.2, -0.15) is 0 Å². The summed E-state index contributed by atoms with van der Waals surface area (Å²) in [5, 5.41) is 5.70. The Bertz CT molecular complexity index is 1570. The van der Waals surface area contributed by atoms with Crippen molar-refractivity contribution >= 4 is 34.5 Å². The lowest BCUT2D eigenvalue weighted by Crippen LogP contribution is -2.51. The molecule has 3 N–H and O–H groups in total. The van der Waals surface area contributed by atoms with E-state index in [0.717, 1.165) is 16.6 Å². The predicted octanol–water partition coefficient (Wildman–Crippen LogP) is 2.89. The standard InChI is InChI=1S/C27H25N7O3/c35-25-24(30-22(17-7-2-1-3-8-17)19-9-4-5-10-20(19)29-25)32-26(36)33-15-12-18(13-16-33)34-21-11-6-14-28-23(21)31-27(34)37/h1-11,14,18,24H,12-13,15-16H2,(H,29,35)(H,32,36)(H,28,31,37)/t24-/m0/s1. The van der Waals surface area contributed by atoms with Crippen molar-refractivity contribution in [3.63, 3.8) is 0 Å². The van der Waals surface area contributed by atoms with Crippen LogP contribution >= 0.6 is 0 Å². The van der Waals surface area contributed by atoms with Crippen LogP contribution in [0.1, 0.15) is 30.0 Å². The molecule has 2 aliphatic heterocycles. The zero-order chi connectivity index (χ0) is 25.4. The number of piperidine rings is 1. The molecule has 1 saturated heterocycles. The van der Waals surface area contributed by atoms with Crippen LogP contribution in [0.3, 0.4) is 0 Å². The number of H-pyrrole nitrogens is 1. The number of nitrogens with zero attached hydrogens (tertiary/aromatic N) is 4. The number of aromatic amines is 1. The van der Waals surface area contributed by atoms with E-state index in [1.807, 2.05) is 60.7 Å². The third kappa shape index (κ3) is 4.26. The predicted molar refractivity (Wildman–Crippen MR) is 140 cm³/mol. The molecule has 0 spiro atoms. The summed E-state index contributed by atoms with van der Waals surface area (Å²) >= 11 is 0. The van der Waals surface area contributed by atoms with Crippen molar-refractivity contribution in [1.82, 2.24) is 24.8 Å². The summed E-state index contributed by atoms with van der Waals surface area (Å²) in [6.45, 7) is 0.888. The van der Waals surface area contributed by atoms with Gasteiger partial charge in [0.25, 0.3) is 5.91 Å². The summed E-state index contributed by atoms with van der Waals surface area (Å²) in [7, 11) is 0. The number of urea groups is 1. The van der Waals surface area contributed by atoms with Crippen LogP contribution in [-0.2, 0) is 4.79 Å². The number of likely N-dealkylation sites (tertiary alicyclic amines) is 1. The van der Waals surface area contributed by atoms with E-state index in [0.29, 0.717) is 43.0 Å². The SMILES string of the molecule is O=C1Nc2ccccc2C(c2ccccc2)=N[C@H]1NC(=O)N1CCC(n2c(=O)[nH]c3ncccc32)CC1. The molecule has 3 amide bonds. The van der Waals surface area contributed by atoms with Crippen molar-refractivity contribution in [2.75, 3.05) is 18.4 Å². The number of aromatic nitrogens is 3. The largest absolute Gasteiger partial charge is 0.327 e. The van der Waals surface area contributed by atoms with E-state index in [4.69, 9.17) is 4.99 Å². The molecule has 37 heavy (non-hydrogen) atoms. The summed E-state index contributed by atoms with van der Waals surface area (Å²) in [6, 6.07) is 20.3. The molecule has 2 aromatic carbocycles. The van der Waals surface area contributed by atoms with Crippen molar-refractivity contribution in [1.29, 1.82) is 0 Å². The van der Waals surface area contributed by atoms with E-state index in [2.05, 4.69) is 20.6 Å². The van der Waals surface area contributed by atoms with Crippen LogP contribution < -0.4 is 16.3 Å². The quantitative estimate of drug-likeness (QED) is 0.404. The van der Waals surface area contributed by atoms with Crippen LogP contribution in [-0.4, -0.2) is 56.3 Å². The number of aliphatic imine (C=N–C) groups is 1. The molecular weight excluding hydrogens is 470 g/mol. The number of hydrogen-bond donors (Lipinski definition) is 3. The van der Waals surface area contributed by atoms with Crippen LogP contribution in [0.25, 0.3) is 11.2 Å². The molecule has 0 bridgehead atoms. The molecule has 10 heteroatoms. The van der Waals surface area contributed by atoms with E-state index in [-0.39, 0.29) is 17.8 Å². The van der Waals surface area contributed by atoms with Gasteiger partial charge in [0.05, 0.1) is 16.9 Å². The van der Waals surface area contributed by atoms with Crippen molar-refractivity contribution in [2.24, 2.45) is 4.99 Å². The first-order chi connectivity index (χ1) is 18.1. The van der Waals surface area contributed by atoms with Gasteiger partial charge >= 0.3 is 11.7 Å². The smallest absolute Gasteiger partial charge is 0.325 e. The Hall–Kier alpha value is -4.73. The lowest BCUT2D eigenvalue weighted by atomic mass is 10.0. The topological polar surface area (TPSA) is 124 Å². The number of pyridine rings is 1. The van der Waals surface area contributed by atoms with Crippen molar-refractivity contribution in [2.45, 2.75) is 25.0 Å². The highest BCUT2D eigenvalue weighted by molar-refractivity contribution is 6.19. The minimum atomic E-state index is -1.09. The molecule has 2 aliphatic rings. The highest BCUT2D eigenvalue weighted by Crippen LogP contribution is 2.26. The molecule has 186 valence electrons. The fourth-order valence-corrected chi connectivity index (χ4v) is 5.04. The zero-order valence-electron chi connectivity index (χ0n) is 19.9. The van der Waals surface area contributed by atoms with Gasteiger partial charge in [-0.25, -0.2) is 19.6 Å². The van der Waals surface area contributed by atoms with Gasteiger partial charge in [0, 0.05) is 36.5 Å². The Kier molecular flexibility index (Phi) is 5.76. The van der Waals surface area contributed by atoms with E-state index in [9.17, 15) is 14.4 Å². The van der Waals surface area contributed by atoms with Gasteiger partial charge in [-0.05, 0) is 31.0 Å². The maximum Gasteiger partial charge on any atom is 0.327 e. The fourth-order valence-electron chi connectivity index (χ4n) is 5.04. The number of rotatable bonds is 3. The molecule has 1 atom stereocenters.